The van der Waals surface area contributed by atoms with Gasteiger partial charge in [-0.2, -0.15) is 0 Å². The average Bonchev–Trinajstić information content (AvgIpc) is 2.72. The van der Waals surface area contributed by atoms with Gasteiger partial charge in [0.2, 0.25) is 0 Å². The maximum Gasteiger partial charge on any atom is -0.0220 e. The van der Waals surface area contributed by atoms with E-state index in [1.165, 1.54) is 19.3 Å². The van der Waals surface area contributed by atoms with Gasteiger partial charge in [0.25, 0.3) is 0 Å². The summed E-state index contributed by atoms with van der Waals surface area (Å²) in [5, 5.41) is 0. The molecule has 0 saturated heterocycles. The van der Waals surface area contributed by atoms with E-state index >= 15 is 0 Å². The first-order chi connectivity index (χ1) is 6.55. The van der Waals surface area contributed by atoms with Gasteiger partial charge in [0.05, 0.1) is 0 Å². The highest BCUT2D eigenvalue weighted by Crippen LogP contribution is 2.73. The minimum atomic E-state index is 0.512. The third-order valence-electron chi connectivity index (χ3n) is 6.55. The molecule has 2 unspecified atom stereocenters. The molecule has 0 heterocycles. The monoisotopic (exact) mass is 208 g/mol. The zero-order chi connectivity index (χ0) is 11.7. The van der Waals surface area contributed by atoms with E-state index < -0.39 is 0 Å². The minimum absolute atomic E-state index is 0.512. The van der Waals surface area contributed by atoms with Gasteiger partial charge in [0.15, 0.2) is 0 Å². The third kappa shape index (κ3) is 1.26. The molecule has 0 aromatic carbocycles. The van der Waals surface area contributed by atoms with Crippen LogP contribution in [0.4, 0.5) is 0 Å². The molecule has 2 atom stereocenters. The third-order valence-corrected chi connectivity index (χ3v) is 6.55. The highest BCUT2D eigenvalue weighted by molar-refractivity contribution is 5.14. The van der Waals surface area contributed by atoms with Gasteiger partial charge >= 0.3 is 0 Å². The molecule has 0 radical (unpaired) electrons. The quantitative estimate of drug-likeness (QED) is 0.606. The first-order valence-electron chi connectivity index (χ1n) is 6.55. The summed E-state index contributed by atoms with van der Waals surface area (Å²) in [5.74, 6) is 0.939. The van der Waals surface area contributed by atoms with Gasteiger partial charge in [-0.3, -0.25) is 0 Å². The Morgan fingerprint density at radius 2 is 1.40 bits per heavy atom. The summed E-state index contributed by atoms with van der Waals surface area (Å²) in [6.45, 7) is 17.4. The Morgan fingerprint density at radius 3 is 1.60 bits per heavy atom. The highest BCUT2D eigenvalue weighted by Gasteiger charge is 2.65. The predicted octanol–water partition coefficient (Wildman–Crippen LogP) is 4.89. The molecule has 0 nitrogen and oxygen atoms in total. The van der Waals surface area contributed by atoms with Gasteiger partial charge < -0.3 is 0 Å². The number of hydrogen-bond acceptors (Lipinski definition) is 0. The summed E-state index contributed by atoms with van der Waals surface area (Å²) in [4.78, 5) is 0. The Hall–Kier alpha value is 0. The van der Waals surface area contributed by atoms with E-state index in [9.17, 15) is 0 Å². The van der Waals surface area contributed by atoms with Crippen LogP contribution in [0.15, 0.2) is 0 Å². The molecule has 2 aliphatic carbocycles. The lowest BCUT2D eigenvalue weighted by molar-refractivity contribution is -0.141. The minimum Gasteiger partial charge on any atom is -0.0596 e. The van der Waals surface area contributed by atoms with Crippen LogP contribution in [-0.2, 0) is 0 Å². The second kappa shape index (κ2) is 2.63. The molecule has 15 heavy (non-hydrogen) atoms. The van der Waals surface area contributed by atoms with E-state index in [2.05, 4.69) is 48.5 Å². The van der Waals surface area contributed by atoms with Crippen LogP contribution in [0.3, 0.4) is 0 Å². The Bertz CT molecular complexity index is 282. The maximum absolute atomic E-state index is 2.53. The van der Waals surface area contributed by atoms with Crippen molar-refractivity contribution in [3.05, 3.63) is 0 Å². The van der Waals surface area contributed by atoms with E-state index in [4.69, 9.17) is 0 Å². The molecule has 0 aromatic heterocycles. The van der Waals surface area contributed by atoms with Crippen LogP contribution >= 0.6 is 0 Å². The van der Waals surface area contributed by atoms with Crippen molar-refractivity contribution in [2.75, 3.05) is 0 Å². The molecule has 0 heteroatoms. The lowest BCUT2D eigenvalue weighted by Crippen LogP contribution is -2.55. The van der Waals surface area contributed by atoms with Crippen molar-refractivity contribution in [2.45, 2.75) is 67.7 Å². The van der Waals surface area contributed by atoms with E-state index in [-0.39, 0.29) is 0 Å². The predicted molar refractivity (Wildman–Crippen MR) is 66.8 cm³/mol. The summed E-state index contributed by atoms with van der Waals surface area (Å²) in [5.41, 5.74) is 2.23. The number of hydrogen-bond donors (Lipinski definition) is 0. The Balaban J connectivity index is 2.24. The van der Waals surface area contributed by atoms with Crippen molar-refractivity contribution >= 4 is 0 Å². The van der Waals surface area contributed by atoms with Crippen LogP contribution in [0.25, 0.3) is 0 Å². The topological polar surface area (TPSA) is 0 Å². The summed E-state index contributed by atoms with van der Waals surface area (Å²) in [6.07, 6.45) is 4.28. The van der Waals surface area contributed by atoms with Gasteiger partial charge in [0, 0.05) is 0 Å². The van der Waals surface area contributed by atoms with E-state index in [1.54, 1.807) is 0 Å². The molecule has 0 aromatic rings. The normalized spacial score (nSPS) is 42.2. The molecule has 0 bridgehead atoms. The molecular formula is C15H28. The Kier molecular flexibility index (Phi) is 2.01. The van der Waals surface area contributed by atoms with Crippen LogP contribution in [-0.4, -0.2) is 0 Å². The van der Waals surface area contributed by atoms with E-state index in [0.29, 0.717) is 21.7 Å². The van der Waals surface area contributed by atoms with Gasteiger partial charge in [-0.1, -0.05) is 48.5 Å². The van der Waals surface area contributed by atoms with Crippen LogP contribution in [0.1, 0.15) is 67.7 Å². The van der Waals surface area contributed by atoms with Crippen molar-refractivity contribution in [1.29, 1.82) is 0 Å². The summed E-state index contributed by atoms with van der Waals surface area (Å²) < 4.78 is 0. The summed E-state index contributed by atoms with van der Waals surface area (Å²) in [6, 6.07) is 0. The summed E-state index contributed by atoms with van der Waals surface area (Å²) >= 11 is 0. The molecule has 0 aliphatic heterocycles. The van der Waals surface area contributed by atoms with Gasteiger partial charge in [-0.05, 0) is 46.8 Å². The lowest BCUT2D eigenvalue weighted by Gasteiger charge is -2.63. The highest BCUT2D eigenvalue weighted by atomic mass is 14.7. The smallest absolute Gasteiger partial charge is 0.0220 e. The molecule has 0 N–H and O–H groups in total. The molecular weight excluding hydrogens is 180 g/mol. The SMILES string of the molecule is CC1(C)CC1C(C)(C)C1(C)CCC1(C)C. The van der Waals surface area contributed by atoms with Gasteiger partial charge in [0.1, 0.15) is 0 Å². The van der Waals surface area contributed by atoms with Crippen LogP contribution in [0.2, 0.25) is 0 Å². The lowest BCUT2D eigenvalue weighted by atomic mass is 9.41. The van der Waals surface area contributed by atoms with Crippen LogP contribution in [0, 0.1) is 27.6 Å². The van der Waals surface area contributed by atoms with Crippen molar-refractivity contribution in [3.63, 3.8) is 0 Å². The van der Waals surface area contributed by atoms with Crippen LogP contribution < -0.4 is 0 Å². The van der Waals surface area contributed by atoms with Gasteiger partial charge in [-0.25, -0.2) is 0 Å². The second-order valence-electron chi connectivity index (χ2n) is 8.18. The Morgan fingerprint density at radius 1 is 0.933 bits per heavy atom. The summed E-state index contributed by atoms with van der Waals surface area (Å²) in [7, 11) is 0. The fraction of sp³-hybridized carbons (Fsp3) is 1.00. The number of rotatable bonds is 2. The zero-order valence-electron chi connectivity index (χ0n) is 11.7. The zero-order valence-corrected chi connectivity index (χ0v) is 11.7. The molecule has 2 fully saturated rings. The molecule has 88 valence electrons. The van der Waals surface area contributed by atoms with Crippen molar-refractivity contribution in [2.24, 2.45) is 27.6 Å². The standard InChI is InChI=1S/C15H28/c1-12(2)10-11(12)14(5,6)15(7)9-8-13(15,3)4/h11H,8-10H2,1-7H3. The van der Waals surface area contributed by atoms with Gasteiger partial charge in [-0.15, -0.1) is 0 Å². The first kappa shape index (κ1) is 11.5. The van der Waals surface area contributed by atoms with Crippen LogP contribution in [0.5, 0.6) is 0 Å². The van der Waals surface area contributed by atoms with Crippen molar-refractivity contribution < 1.29 is 0 Å². The van der Waals surface area contributed by atoms with E-state index in [0.717, 1.165) is 5.92 Å². The fourth-order valence-electron chi connectivity index (χ4n) is 4.28. The molecule has 2 rings (SSSR count). The fourth-order valence-corrected chi connectivity index (χ4v) is 4.28. The average molecular weight is 208 g/mol. The maximum atomic E-state index is 2.53. The van der Waals surface area contributed by atoms with Crippen molar-refractivity contribution in [3.8, 4) is 0 Å². The van der Waals surface area contributed by atoms with E-state index in [1.807, 2.05) is 0 Å². The van der Waals surface area contributed by atoms with Crippen molar-refractivity contribution in [1.82, 2.24) is 0 Å². The molecule has 0 spiro atoms. The first-order valence-corrected chi connectivity index (χ1v) is 6.55. The largest absolute Gasteiger partial charge is 0.0596 e. The molecule has 2 aliphatic rings. The Labute approximate surface area is 95.8 Å². The second-order valence-corrected chi connectivity index (χ2v) is 8.18. The molecule has 0 amide bonds. The molecule has 2 saturated carbocycles.